The van der Waals surface area contributed by atoms with Crippen LogP contribution in [0, 0.1) is 0 Å². The number of likely N-dealkylation sites (tertiary alicyclic amines) is 1. The molecule has 78 valence electrons. The first-order valence-electron chi connectivity index (χ1n) is 4.90. The largest absolute Gasteiger partial charge is 0.340 e. The number of para-hydroxylation sites is 1. The van der Waals surface area contributed by atoms with Crippen molar-refractivity contribution < 1.29 is 4.79 Å². The number of anilines is 1. The number of hydrogen-bond donors (Lipinski definition) is 1. The van der Waals surface area contributed by atoms with Gasteiger partial charge >= 0.3 is 0 Å². The molecule has 1 aliphatic heterocycles. The van der Waals surface area contributed by atoms with Crippen LogP contribution in [-0.2, 0) is 4.79 Å². The van der Waals surface area contributed by atoms with E-state index in [0.717, 1.165) is 18.7 Å². The summed E-state index contributed by atoms with van der Waals surface area (Å²) in [6.07, 6.45) is 0.717. The minimum Gasteiger partial charge on any atom is -0.340 e. The molecule has 1 N–H and O–H groups in total. The third-order valence-corrected chi connectivity index (χ3v) is 2.37. The van der Waals surface area contributed by atoms with E-state index in [4.69, 9.17) is 0 Å². The topological polar surface area (TPSA) is 44.7 Å². The number of hydrazone groups is 1. The van der Waals surface area contributed by atoms with Crippen LogP contribution < -0.4 is 5.43 Å². The standard InChI is InChI=1S/C11H13N3O/c1-14-8-7-10(11(14)15)13-12-9-5-3-2-4-6-9/h2-6,12H,7-8H2,1H3. The zero-order valence-electron chi connectivity index (χ0n) is 8.60. The molecule has 0 saturated carbocycles. The molecular weight excluding hydrogens is 190 g/mol. The lowest BCUT2D eigenvalue weighted by molar-refractivity contribution is -0.121. The van der Waals surface area contributed by atoms with Gasteiger partial charge in [0.15, 0.2) is 0 Å². The van der Waals surface area contributed by atoms with E-state index in [1.165, 1.54) is 0 Å². The van der Waals surface area contributed by atoms with Crippen LogP contribution >= 0.6 is 0 Å². The summed E-state index contributed by atoms with van der Waals surface area (Å²) in [5, 5.41) is 4.10. The number of hydrogen-bond acceptors (Lipinski definition) is 3. The third-order valence-electron chi connectivity index (χ3n) is 2.37. The number of amides is 1. The van der Waals surface area contributed by atoms with Crippen molar-refractivity contribution in [3.8, 4) is 0 Å². The van der Waals surface area contributed by atoms with Crippen LogP contribution in [0.2, 0.25) is 0 Å². The second kappa shape index (κ2) is 4.13. The highest BCUT2D eigenvalue weighted by Crippen LogP contribution is 2.08. The van der Waals surface area contributed by atoms with E-state index in [0.29, 0.717) is 5.71 Å². The summed E-state index contributed by atoms with van der Waals surface area (Å²) in [4.78, 5) is 13.2. The van der Waals surface area contributed by atoms with Crippen molar-refractivity contribution in [3.05, 3.63) is 30.3 Å². The number of carbonyl (C=O) groups excluding carboxylic acids is 1. The van der Waals surface area contributed by atoms with Gasteiger partial charge in [-0.1, -0.05) is 18.2 Å². The zero-order chi connectivity index (χ0) is 10.7. The average Bonchev–Trinajstić information content (AvgIpc) is 2.59. The van der Waals surface area contributed by atoms with Gasteiger partial charge in [0.25, 0.3) is 5.91 Å². The van der Waals surface area contributed by atoms with Gasteiger partial charge in [-0.2, -0.15) is 5.10 Å². The van der Waals surface area contributed by atoms with Crippen LogP contribution in [0.4, 0.5) is 5.69 Å². The Morgan fingerprint density at radius 1 is 1.33 bits per heavy atom. The Morgan fingerprint density at radius 3 is 2.67 bits per heavy atom. The van der Waals surface area contributed by atoms with E-state index in [-0.39, 0.29) is 5.91 Å². The van der Waals surface area contributed by atoms with Gasteiger partial charge in [-0.05, 0) is 12.1 Å². The molecule has 1 aromatic rings. The maximum Gasteiger partial charge on any atom is 0.269 e. The molecule has 0 aromatic heterocycles. The molecule has 1 saturated heterocycles. The summed E-state index contributed by atoms with van der Waals surface area (Å²) in [5.74, 6) is 0.0124. The fraction of sp³-hybridized carbons (Fsp3) is 0.273. The van der Waals surface area contributed by atoms with Gasteiger partial charge in [0.2, 0.25) is 0 Å². The summed E-state index contributed by atoms with van der Waals surface area (Å²) in [5.41, 5.74) is 4.37. The summed E-state index contributed by atoms with van der Waals surface area (Å²) in [6, 6.07) is 9.60. The number of nitrogens with one attached hydrogen (secondary N) is 1. The molecule has 0 atom stereocenters. The van der Waals surface area contributed by atoms with E-state index in [1.807, 2.05) is 30.3 Å². The number of carbonyl (C=O) groups is 1. The van der Waals surface area contributed by atoms with Gasteiger partial charge < -0.3 is 4.90 Å². The second-order valence-corrected chi connectivity index (χ2v) is 3.51. The molecule has 1 amide bonds. The molecule has 1 aromatic carbocycles. The Labute approximate surface area is 88.6 Å². The smallest absolute Gasteiger partial charge is 0.269 e. The highest BCUT2D eigenvalue weighted by atomic mass is 16.2. The van der Waals surface area contributed by atoms with Gasteiger partial charge in [-0.3, -0.25) is 10.2 Å². The summed E-state index contributed by atoms with van der Waals surface area (Å²) in [7, 11) is 1.79. The fourth-order valence-corrected chi connectivity index (χ4v) is 1.45. The molecule has 0 aliphatic carbocycles. The van der Waals surface area contributed by atoms with Crippen LogP contribution in [0.25, 0.3) is 0 Å². The van der Waals surface area contributed by atoms with Gasteiger partial charge in [-0.15, -0.1) is 0 Å². The van der Waals surface area contributed by atoms with Crippen LogP contribution in [-0.4, -0.2) is 30.1 Å². The Hall–Kier alpha value is -1.84. The first kappa shape index (κ1) is 9.71. The average molecular weight is 203 g/mol. The predicted octanol–water partition coefficient (Wildman–Crippen LogP) is 1.32. The van der Waals surface area contributed by atoms with Crippen molar-refractivity contribution in [2.75, 3.05) is 19.0 Å². The minimum atomic E-state index is 0.0124. The van der Waals surface area contributed by atoms with Crippen molar-refractivity contribution in [2.24, 2.45) is 5.10 Å². The van der Waals surface area contributed by atoms with Crippen LogP contribution in [0.15, 0.2) is 35.4 Å². The summed E-state index contributed by atoms with van der Waals surface area (Å²) in [6.45, 7) is 0.758. The van der Waals surface area contributed by atoms with Crippen LogP contribution in [0.1, 0.15) is 6.42 Å². The van der Waals surface area contributed by atoms with E-state index < -0.39 is 0 Å². The maximum atomic E-state index is 11.5. The normalized spacial score (nSPS) is 18.6. The maximum absolute atomic E-state index is 11.5. The lowest BCUT2D eigenvalue weighted by atomic mass is 10.3. The highest BCUT2D eigenvalue weighted by Gasteiger charge is 2.23. The molecular formula is C11H13N3O. The van der Waals surface area contributed by atoms with E-state index in [1.54, 1.807) is 11.9 Å². The van der Waals surface area contributed by atoms with Crippen molar-refractivity contribution >= 4 is 17.3 Å². The molecule has 0 radical (unpaired) electrons. The fourth-order valence-electron chi connectivity index (χ4n) is 1.45. The lowest BCUT2D eigenvalue weighted by Crippen LogP contribution is -2.23. The van der Waals surface area contributed by atoms with E-state index in [9.17, 15) is 4.79 Å². The van der Waals surface area contributed by atoms with E-state index >= 15 is 0 Å². The quantitative estimate of drug-likeness (QED) is 0.737. The first-order chi connectivity index (χ1) is 7.27. The Balaban J connectivity index is 2.04. The van der Waals surface area contributed by atoms with Crippen molar-refractivity contribution in [1.82, 2.24) is 4.90 Å². The summed E-state index contributed by atoms with van der Waals surface area (Å²) < 4.78 is 0. The number of rotatable bonds is 2. The van der Waals surface area contributed by atoms with Gasteiger partial charge in [-0.25, -0.2) is 0 Å². The minimum absolute atomic E-state index is 0.0124. The molecule has 0 bridgehead atoms. The monoisotopic (exact) mass is 203 g/mol. The van der Waals surface area contributed by atoms with Crippen LogP contribution in [0.5, 0.6) is 0 Å². The van der Waals surface area contributed by atoms with Gasteiger partial charge in [0.1, 0.15) is 5.71 Å². The summed E-state index contributed by atoms with van der Waals surface area (Å²) >= 11 is 0. The molecule has 1 heterocycles. The molecule has 0 unspecified atom stereocenters. The van der Waals surface area contributed by atoms with E-state index in [2.05, 4.69) is 10.5 Å². The molecule has 2 rings (SSSR count). The third kappa shape index (κ3) is 2.15. The SMILES string of the molecule is CN1CCC(=NNc2ccccc2)C1=O. The van der Waals surface area contributed by atoms with Crippen LogP contribution in [0.3, 0.4) is 0 Å². The van der Waals surface area contributed by atoms with Crippen molar-refractivity contribution in [2.45, 2.75) is 6.42 Å². The molecule has 4 heteroatoms. The zero-order valence-corrected chi connectivity index (χ0v) is 8.60. The highest BCUT2D eigenvalue weighted by molar-refractivity contribution is 6.40. The first-order valence-corrected chi connectivity index (χ1v) is 4.90. The Morgan fingerprint density at radius 2 is 2.07 bits per heavy atom. The molecule has 0 spiro atoms. The number of benzene rings is 1. The molecule has 1 aliphatic rings. The second-order valence-electron chi connectivity index (χ2n) is 3.51. The lowest BCUT2D eigenvalue weighted by Gasteiger charge is -2.04. The Bertz CT molecular complexity index is 386. The van der Waals surface area contributed by atoms with Crippen molar-refractivity contribution in [3.63, 3.8) is 0 Å². The molecule has 1 fully saturated rings. The number of nitrogens with zero attached hydrogens (tertiary/aromatic N) is 2. The Kier molecular flexibility index (Phi) is 2.67. The van der Waals surface area contributed by atoms with Gasteiger partial charge in [0.05, 0.1) is 5.69 Å². The van der Waals surface area contributed by atoms with Crippen molar-refractivity contribution in [1.29, 1.82) is 0 Å². The molecule has 15 heavy (non-hydrogen) atoms. The molecule has 4 nitrogen and oxygen atoms in total. The van der Waals surface area contributed by atoms with Gasteiger partial charge in [0, 0.05) is 20.0 Å². The predicted molar refractivity (Wildman–Crippen MR) is 59.8 cm³/mol.